The summed E-state index contributed by atoms with van der Waals surface area (Å²) < 4.78 is 0. The van der Waals surface area contributed by atoms with E-state index in [-0.39, 0.29) is 34.6 Å². The molecule has 2 saturated heterocycles. The highest BCUT2D eigenvalue weighted by Gasteiger charge is 2.45. The standard InChI is InChI=1S/C27H40ClN3O2/c1-18(2)23(30-24(32)20-10-13-27(16-20)12-5-14-29-27)25(33)31-15-11-22(26(3,4)17-31)19-6-8-21(28)9-7-19/h6-9,18,20,22-23,29H,5,10-17H2,1-4H3,(H,30,32). The number of halogens is 1. The Morgan fingerprint density at radius 1 is 1.15 bits per heavy atom. The van der Waals surface area contributed by atoms with E-state index < -0.39 is 6.04 Å². The molecule has 33 heavy (non-hydrogen) atoms. The maximum atomic E-state index is 13.6. The first-order chi connectivity index (χ1) is 15.6. The third-order valence-corrected chi connectivity index (χ3v) is 8.61. The van der Waals surface area contributed by atoms with E-state index in [0.717, 1.165) is 37.3 Å². The quantitative estimate of drug-likeness (QED) is 0.649. The van der Waals surface area contributed by atoms with Gasteiger partial charge in [-0.1, -0.05) is 51.4 Å². The normalized spacial score (nSPS) is 30.1. The van der Waals surface area contributed by atoms with Gasteiger partial charge in [-0.2, -0.15) is 0 Å². The van der Waals surface area contributed by atoms with Crippen molar-refractivity contribution in [3.63, 3.8) is 0 Å². The number of nitrogens with one attached hydrogen (secondary N) is 2. The molecule has 2 amide bonds. The highest BCUT2D eigenvalue weighted by Crippen LogP contribution is 2.43. The van der Waals surface area contributed by atoms with Crippen LogP contribution in [0.2, 0.25) is 5.02 Å². The molecule has 3 aliphatic rings. The van der Waals surface area contributed by atoms with Crippen LogP contribution < -0.4 is 10.6 Å². The van der Waals surface area contributed by atoms with E-state index >= 15 is 0 Å². The van der Waals surface area contributed by atoms with E-state index in [1.54, 1.807) is 0 Å². The predicted octanol–water partition coefficient (Wildman–Crippen LogP) is 4.75. The van der Waals surface area contributed by atoms with Gasteiger partial charge in [0.25, 0.3) is 0 Å². The second-order valence-corrected chi connectivity index (χ2v) is 12.1. The first-order valence-corrected chi connectivity index (χ1v) is 13.1. The lowest BCUT2D eigenvalue weighted by Crippen LogP contribution is -2.56. The molecule has 0 aromatic heterocycles. The Morgan fingerprint density at radius 2 is 1.88 bits per heavy atom. The van der Waals surface area contributed by atoms with E-state index in [0.29, 0.717) is 19.0 Å². The molecule has 0 radical (unpaired) electrons. The molecule has 182 valence electrons. The Kier molecular flexibility index (Phi) is 7.12. The fraction of sp³-hybridized carbons (Fsp3) is 0.704. The van der Waals surface area contributed by atoms with Crippen molar-refractivity contribution in [2.75, 3.05) is 19.6 Å². The van der Waals surface area contributed by atoms with Crippen LogP contribution in [0.4, 0.5) is 0 Å². The second kappa shape index (κ2) is 9.58. The number of carbonyl (C=O) groups excluding carboxylic acids is 2. The highest BCUT2D eigenvalue weighted by molar-refractivity contribution is 6.30. The zero-order valence-electron chi connectivity index (χ0n) is 20.6. The summed E-state index contributed by atoms with van der Waals surface area (Å²) in [6, 6.07) is 7.65. The molecule has 2 heterocycles. The average Bonchev–Trinajstić information content (AvgIpc) is 3.41. The van der Waals surface area contributed by atoms with E-state index in [2.05, 4.69) is 36.6 Å². The van der Waals surface area contributed by atoms with Crippen LogP contribution in [-0.4, -0.2) is 47.9 Å². The summed E-state index contributed by atoms with van der Waals surface area (Å²) in [6.07, 6.45) is 6.16. The fourth-order valence-electron chi connectivity index (χ4n) is 6.45. The summed E-state index contributed by atoms with van der Waals surface area (Å²) in [4.78, 5) is 28.7. The Balaban J connectivity index is 1.40. The molecule has 3 fully saturated rings. The molecule has 1 aromatic rings. The van der Waals surface area contributed by atoms with Crippen molar-refractivity contribution in [1.29, 1.82) is 0 Å². The summed E-state index contributed by atoms with van der Waals surface area (Å²) in [6.45, 7) is 11.0. The van der Waals surface area contributed by atoms with Gasteiger partial charge in [0.2, 0.25) is 11.8 Å². The number of benzene rings is 1. The fourth-order valence-corrected chi connectivity index (χ4v) is 6.57. The van der Waals surface area contributed by atoms with Gasteiger partial charge in [-0.25, -0.2) is 0 Å². The lowest BCUT2D eigenvalue weighted by Gasteiger charge is -2.46. The molecule has 2 N–H and O–H groups in total. The number of amides is 2. The van der Waals surface area contributed by atoms with E-state index in [4.69, 9.17) is 11.6 Å². The Bertz CT molecular complexity index is 861. The van der Waals surface area contributed by atoms with Gasteiger partial charge in [-0.05, 0) is 80.0 Å². The Hall–Kier alpha value is -1.59. The summed E-state index contributed by atoms with van der Waals surface area (Å²) in [5.41, 5.74) is 1.38. The number of piperidine rings is 1. The van der Waals surface area contributed by atoms with Crippen LogP contribution in [0.15, 0.2) is 24.3 Å². The maximum absolute atomic E-state index is 13.6. The van der Waals surface area contributed by atoms with Crippen molar-refractivity contribution in [1.82, 2.24) is 15.5 Å². The van der Waals surface area contributed by atoms with Crippen molar-refractivity contribution in [2.24, 2.45) is 17.3 Å². The van der Waals surface area contributed by atoms with E-state index in [1.807, 2.05) is 30.9 Å². The number of carbonyl (C=O) groups is 2. The zero-order chi connectivity index (χ0) is 23.8. The highest BCUT2D eigenvalue weighted by atomic mass is 35.5. The number of nitrogens with zero attached hydrogens (tertiary/aromatic N) is 1. The third-order valence-electron chi connectivity index (χ3n) is 8.36. The van der Waals surface area contributed by atoms with Crippen LogP contribution in [-0.2, 0) is 9.59 Å². The monoisotopic (exact) mass is 473 g/mol. The summed E-state index contributed by atoms with van der Waals surface area (Å²) in [5, 5.41) is 7.55. The number of rotatable bonds is 5. The third kappa shape index (κ3) is 5.24. The molecule has 1 aromatic carbocycles. The Morgan fingerprint density at radius 3 is 2.48 bits per heavy atom. The van der Waals surface area contributed by atoms with Gasteiger partial charge in [-0.15, -0.1) is 0 Å². The first kappa shape index (κ1) is 24.5. The Labute approximate surface area is 204 Å². The predicted molar refractivity (Wildman–Crippen MR) is 133 cm³/mol. The zero-order valence-corrected chi connectivity index (χ0v) is 21.4. The molecule has 4 unspecified atom stereocenters. The SMILES string of the molecule is CC(C)C(NC(=O)C1CCC2(CCCN2)C1)C(=O)N1CCC(c2ccc(Cl)cc2)C(C)(C)C1. The van der Waals surface area contributed by atoms with E-state index in [9.17, 15) is 9.59 Å². The largest absolute Gasteiger partial charge is 0.344 e. The van der Waals surface area contributed by atoms with Gasteiger partial charge < -0.3 is 15.5 Å². The van der Waals surface area contributed by atoms with Gasteiger partial charge in [0.1, 0.15) is 6.04 Å². The van der Waals surface area contributed by atoms with Gasteiger partial charge in [0, 0.05) is 29.6 Å². The molecule has 5 nitrogen and oxygen atoms in total. The van der Waals surface area contributed by atoms with Gasteiger partial charge in [-0.3, -0.25) is 9.59 Å². The molecular formula is C27H40ClN3O2. The first-order valence-electron chi connectivity index (χ1n) is 12.7. The van der Waals surface area contributed by atoms with Crippen LogP contribution in [0.3, 0.4) is 0 Å². The van der Waals surface area contributed by atoms with Gasteiger partial charge in [0.15, 0.2) is 0 Å². The second-order valence-electron chi connectivity index (χ2n) is 11.6. The van der Waals surface area contributed by atoms with Crippen LogP contribution in [0, 0.1) is 17.3 Å². The maximum Gasteiger partial charge on any atom is 0.245 e. The lowest BCUT2D eigenvalue weighted by atomic mass is 9.70. The summed E-state index contributed by atoms with van der Waals surface area (Å²) in [7, 11) is 0. The molecule has 4 rings (SSSR count). The smallest absolute Gasteiger partial charge is 0.245 e. The summed E-state index contributed by atoms with van der Waals surface area (Å²) >= 11 is 6.08. The molecule has 6 heteroatoms. The average molecular weight is 474 g/mol. The van der Waals surface area contributed by atoms with Crippen LogP contribution in [0.1, 0.15) is 77.7 Å². The van der Waals surface area contributed by atoms with E-state index in [1.165, 1.54) is 18.4 Å². The molecule has 4 atom stereocenters. The minimum absolute atomic E-state index is 0.0109. The molecular weight excluding hydrogens is 434 g/mol. The number of hydrogen-bond acceptors (Lipinski definition) is 3. The van der Waals surface area contributed by atoms with Crippen molar-refractivity contribution >= 4 is 23.4 Å². The number of hydrogen-bond donors (Lipinski definition) is 2. The molecule has 1 spiro atoms. The molecule has 2 aliphatic heterocycles. The lowest BCUT2D eigenvalue weighted by molar-refractivity contribution is -0.141. The summed E-state index contributed by atoms with van der Waals surface area (Å²) in [5.74, 6) is 0.561. The molecule has 0 bridgehead atoms. The van der Waals surface area contributed by atoms with Crippen molar-refractivity contribution < 1.29 is 9.59 Å². The topological polar surface area (TPSA) is 61.4 Å². The van der Waals surface area contributed by atoms with Crippen LogP contribution in [0.5, 0.6) is 0 Å². The molecule has 1 aliphatic carbocycles. The molecule has 1 saturated carbocycles. The minimum atomic E-state index is -0.464. The van der Waals surface area contributed by atoms with Crippen molar-refractivity contribution in [2.45, 2.75) is 83.7 Å². The minimum Gasteiger partial charge on any atom is -0.344 e. The van der Waals surface area contributed by atoms with Crippen molar-refractivity contribution in [3.05, 3.63) is 34.9 Å². The van der Waals surface area contributed by atoms with Gasteiger partial charge >= 0.3 is 0 Å². The number of likely N-dealkylation sites (tertiary alicyclic amines) is 1. The van der Waals surface area contributed by atoms with Crippen LogP contribution >= 0.6 is 11.6 Å². The van der Waals surface area contributed by atoms with Crippen molar-refractivity contribution in [3.8, 4) is 0 Å². The van der Waals surface area contributed by atoms with Crippen LogP contribution in [0.25, 0.3) is 0 Å². The van der Waals surface area contributed by atoms with Gasteiger partial charge in [0.05, 0.1) is 0 Å².